The van der Waals surface area contributed by atoms with E-state index in [4.69, 9.17) is 9.15 Å². The first-order valence-corrected chi connectivity index (χ1v) is 8.92. The maximum Gasteiger partial charge on any atom is 0.291 e. The Morgan fingerprint density at radius 1 is 1.19 bits per heavy atom. The number of benzene rings is 2. The summed E-state index contributed by atoms with van der Waals surface area (Å²) in [5.41, 5.74) is 3.10. The van der Waals surface area contributed by atoms with E-state index in [-0.39, 0.29) is 11.7 Å². The number of nitrogens with one attached hydrogen (secondary N) is 1. The number of nitrogens with zero attached hydrogens (tertiary/aromatic N) is 1. The summed E-state index contributed by atoms with van der Waals surface area (Å²) < 4.78 is 11.0. The topological polar surface area (TPSA) is 64.4 Å². The van der Waals surface area contributed by atoms with Crippen molar-refractivity contribution in [3.05, 3.63) is 64.7 Å². The molecule has 0 bridgehead atoms. The van der Waals surface area contributed by atoms with Crippen LogP contribution in [-0.2, 0) is 0 Å². The van der Waals surface area contributed by atoms with Crippen LogP contribution >= 0.6 is 11.3 Å². The van der Waals surface area contributed by atoms with Crippen molar-refractivity contribution < 1.29 is 13.9 Å². The number of thiazole rings is 1. The zero-order chi connectivity index (χ0) is 18.1. The van der Waals surface area contributed by atoms with Gasteiger partial charge in [-0.05, 0) is 31.2 Å². The molecule has 0 spiro atoms. The van der Waals surface area contributed by atoms with Crippen LogP contribution in [0.4, 0.5) is 5.69 Å². The second-order valence-corrected chi connectivity index (χ2v) is 6.84. The summed E-state index contributed by atoms with van der Waals surface area (Å²) in [5, 5.41) is 6.70. The van der Waals surface area contributed by atoms with Gasteiger partial charge in [-0.15, -0.1) is 11.3 Å². The maximum absolute atomic E-state index is 12.6. The van der Waals surface area contributed by atoms with Gasteiger partial charge in [-0.2, -0.15) is 0 Å². The second-order valence-electron chi connectivity index (χ2n) is 5.78. The number of methoxy groups -OCH3 is 1. The fourth-order valence-electron chi connectivity index (χ4n) is 2.75. The minimum Gasteiger partial charge on any atom is -0.493 e. The van der Waals surface area contributed by atoms with Crippen molar-refractivity contribution in [3.8, 4) is 17.0 Å². The number of hydrogen-bond acceptors (Lipinski definition) is 5. The minimum atomic E-state index is -0.310. The van der Waals surface area contributed by atoms with E-state index in [1.165, 1.54) is 0 Å². The third-order valence-electron chi connectivity index (χ3n) is 3.99. The fourth-order valence-corrected chi connectivity index (χ4v) is 3.38. The highest BCUT2D eigenvalue weighted by molar-refractivity contribution is 7.09. The summed E-state index contributed by atoms with van der Waals surface area (Å²) in [6, 6.07) is 14.8. The van der Waals surface area contributed by atoms with E-state index in [0.29, 0.717) is 17.0 Å². The normalized spacial score (nSPS) is 10.8. The van der Waals surface area contributed by atoms with Crippen molar-refractivity contribution in [1.29, 1.82) is 0 Å². The van der Waals surface area contributed by atoms with Gasteiger partial charge < -0.3 is 14.5 Å². The van der Waals surface area contributed by atoms with Gasteiger partial charge in [-0.1, -0.05) is 24.3 Å². The first kappa shape index (κ1) is 16.4. The average molecular weight is 364 g/mol. The molecule has 4 rings (SSSR count). The van der Waals surface area contributed by atoms with Crippen LogP contribution < -0.4 is 10.1 Å². The summed E-state index contributed by atoms with van der Waals surface area (Å²) in [7, 11) is 1.57. The Morgan fingerprint density at radius 2 is 2.04 bits per heavy atom. The van der Waals surface area contributed by atoms with Crippen LogP contribution in [-0.4, -0.2) is 18.0 Å². The third-order valence-corrected chi connectivity index (χ3v) is 4.76. The Kier molecular flexibility index (Phi) is 4.18. The lowest BCUT2D eigenvalue weighted by Gasteiger charge is -2.05. The van der Waals surface area contributed by atoms with Crippen molar-refractivity contribution >= 4 is 33.9 Å². The van der Waals surface area contributed by atoms with E-state index in [9.17, 15) is 4.79 Å². The molecule has 0 radical (unpaired) electrons. The Morgan fingerprint density at radius 3 is 2.81 bits per heavy atom. The molecule has 0 saturated carbocycles. The number of para-hydroxylation sites is 1. The van der Waals surface area contributed by atoms with Gasteiger partial charge in [0.05, 0.1) is 17.8 Å². The van der Waals surface area contributed by atoms with Gasteiger partial charge in [0.25, 0.3) is 5.91 Å². The number of amides is 1. The number of rotatable bonds is 4. The van der Waals surface area contributed by atoms with Gasteiger partial charge >= 0.3 is 0 Å². The molecule has 0 fully saturated rings. The zero-order valence-electron chi connectivity index (χ0n) is 14.3. The number of fused-ring (bicyclic) bond motifs is 1. The zero-order valence-corrected chi connectivity index (χ0v) is 15.1. The van der Waals surface area contributed by atoms with E-state index in [0.717, 1.165) is 21.7 Å². The molecule has 130 valence electrons. The van der Waals surface area contributed by atoms with Gasteiger partial charge in [-0.25, -0.2) is 4.98 Å². The SMILES string of the molecule is COc1cccc2cc(C(=O)Nc3cccc(-c4csc(C)n4)c3)oc12. The smallest absolute Gasteiger partial charge is 0.291 e. The van der Waals surface area contributed by atoms with Gasteiger partial charge in [0.15, 0.2) is 17.1 Å². The Balaban J connectivity index is 1.60. The van der Waals surface area contributed by atoms with Crippen LogP contribution in [0, 0.1) is 6.92 Å². The third kappa shape index (κ3) is 3.07. The van der Waals surface area contributed by atoms with Gasteiger partial charge in [0, 0.05) is 22.0 Å². The molecule has 0 aliphatic carbocycles. The van der Waals surface area contributed by atoms with E-state index in [2.05, 4.69) is 10.3 Å². The van der Waals surface area contributed by atoms with Gasteiger partial charge in [0.2, 0.25) is 0 Å². The molecule has 26 heavy (non-hydrogen) atoms. The number of hydrogen-bond donors (Lipinski definition) is 1. The number of carbonyl (C=O) groups is 1. The Labute approximate surface area is 154 Å². The second kappa shape index (κ2) is 6.65. The Hall–Kier alpha value is -3.12. The van der Waals surface area contributed by atoms with Crippen LogP contribution in [0.2, 0.25) is 0 Å². The van der Waals surface area contributed by atoms with Crippen molar-refractivity contribution in [2.24, 2.45) is 0 Å². The lowest BCUT2D eigenvalue weighted by molar-refractivity contribution is 0.0998. The predicted molar refractivity (Wildman–Crippen MR) is 103 cm³/mol. The molecule has 2 aromatic heterocycles. The molecule has 2 aromatic carbocycles. The molecule has 0 saturated heterocycles. The van der Waals surface area contributed by atoms with E-state index < -0.39 is 0 Å². The van der Waals surface area contributed by atoms with E-state index in [1.807, 2.05) is 48.7 Å². The Bertz CT molecular complexity index is 1100. The van der Waals surface area contributed by atoms with Crippen LogP contribution in [0.15, 0.2) is 58.3 Å². The highest BCUT2D eigenvalue weighted by Crippen LogP contribution is 2.29. The van der Waals surface area contributed by atoms with Gasteiger partial charge in [0.1, 0.15) is 0 Å². The molecular weight excluding hydrogens is 348 g/mol. The first-order valence-electron chi connectivity index (χ1n) is 8.04. The lowest BCUT2D eigenvalue weighted by atomic mass is 10.1. The molecule has 0 aliphatic rings. The van der Waals surface area contributed by atoms with Crippen LogP contribution in [0.5, 0.6) is 5.75 Å². The molecular formula is C20H16N2O3S. The molecule has 5 nitrogen and oxygen atoms in total. The predicted octanol–water partition coefficient (Wildman–Crippen LogP) is 5.13. The summed E-state index contributed by atoms with van der Waals surface area (Å²) in [5.74, 6) is 0.525. The average Bonchev–Trinajstić information content (AvgIpc) is 3.28. The molecule has 0 aliphatic heterocycles. The number of aryl methyl sites for hydroxylation is 1. The minimum absolute atomic E-state index is 0.236. The molecule has 0 atom stereocenters. The monoisotopic (exact) mass is 364 g/mol. The van der Waals surface area contributed by atoms with Crippen LogP contribution in [0.3, 0.4) is 0 Å². The summed E-state index contributed by atoms with van der Waals surface area (Å²) in [4.78, 5) is 17.1. The molecule has 6 heteroatoms. The molecule has 1 N–H and O–H groups in total. The van der Waals surface area contributed by atoms with Crippen molar-refractivity contribution in [2.45, 2.75) is 6.92 Å². The fraction of sp³-hybridized carbons (Fsp3) is 0.100. The van der Waals surface area contributed by atoms with Crippen molar-refractivity contribution in [2.75, 3.05) is 12.4 Å². The van der Waals surface area contributed by atoms with Gasteiger partial charge in [-0.3, -0.25) is 4.79 Å². The highest BCUT2D eigenvalue weighted by atomic mass is 32.1. The number of carbonyl (C=O) groups excluding carboxylic acids is 1. The van der Waals surface area contributed by atoms with Crippen LogP contribution in [0.1, 0.15) is 15.6 Å². The summed E-state index contributed by atoms with van der Waals surface area (Å²) >= 11 is 1.60. The standard InChI is InChI=1S/C20H16N2O3S/c1-12-21-16(11-26-12)13-5-3-7-15(9-13)22-20(23)18-10-14-6-4-8-17(24-2)19(14)25-18/h3-11H,1-2H3,(H,22,23). The first-order chi connectivity index (χ1) is 12.6. The van der Waals surface area contributed by atoms with Crippen molar-refractivity contribution in [3.63, 3.8) is 0 Å². The lowest BCUT2D eigenvalue weighted by Crippen LogP contribution is -2.10. The van der Waals surface area contributed by atoms with Crippen LogP contribution in [0.25, 0.3) is 22.2 Å². The largest absolute Gasteiger partial charge is 0.493 e. The number of furan rings is 1. The molecule has 2 heterocycles. The number of anilines is 1. The number of ether oxygens (including phenoxy) is 1. The van der Waals surface area contributed by atoms with E-state index in [1.54, 1.807) is 30.6 Å². The highest BCUT2D eigenvalue weighted by Gasteiger charge is 2.15. The summed E-state index contributed by atoms with van der Waals surface area (Å²) in [6.45, 7) is 1.97. The van der Waals surface area contributed by atoms with E-state index >= 15 is 0 Å². The molecule has 1 amide bonds. The maximum atomic E-state index is 12.6. The molecule has 0 unspecified atom stereocenters. The quantitative estimate of drug-likeness (QED) is 0.545. The van der Waals surface area contributed by atoms with Crippen molar-refractivity contribution in [1.82, 2.24) is 4.98 Å². The molecule has 4 aromatic rings. The number of aromatic nitrogens is 1. The summed E-state index contributed by atoms with van der Waals surface area (Å²) in [6.07, 6.45) is 0.